The van der Waals surface area contributed by atoms with Crippen LogP contribution < -0.4 is 10.8 Å². The molecule has 2 aromatic rings. The number of rotatable bonds is 5. The van der Waals surface area contributed by atoms with Crippen molar-refractivity contribution in [3.8, 4) is 11.1 Å². The normalized spacial score (nSPS) is 9.87. The second-order valence-electron chi connectivity index (χ2n) is 4.37. The zero-order valence-electron chi connectivity index (χ0n) is 11.9. The van der Waals surface area contributed by atoms with Gasteiger partial charge in [0.05, 0.1) is 15.5 Å². The number of nitrogens with one attached hydrogen (secondary N) is 1. The smallest absolute Gasteiger partial charge is 0.295 e. The van der Waals surface area contributed by atoms with Crippen LogP contribution >= 0.6 is 23.2 Å². The number of nitrogens with two attached hydrogens (primary N) is 1. The van der Waals surface area contributed by atoms with Crippen molar-refractivity contribution in [2.24, 2.45) is 5.73 Å². The summed E-state index contributed by atoms with van der Waals surface area (Å²) in [6.45, 7) is 0.425. The molecule has 0 atom stereocenters. The molecule has 0 aliphatic carbocycles. The predicted octanol–water partition coefficient (Wildman–Crippen LogP) is 2.37. The molecule has 0 saturated carbocycles. The third-order valence-electron chi connectivity index (χ3n) is 2.74. The van der Waals surface area contributed by atoms with Crippen LogP contribution in [0.4, 0.5) is 5.69 Å². The maximum Gasteiger partial charge on any atom is 0.295 e. The number of carboxylic acids is 1. The van der Waals surface area contributed by atoms with Crippen molar-refractivity contribution in [2.45, 2.75) is 12.8 Å². The maximum atomic E-state index is 10.9. The van der Waals surface area contributed by atoms with Crippen LogP contribution in [0, 0.1) is 10.1 Å². The van der Waals surface area contributed by atoms with E-state index in [0.29, 0.717) is 29.1 Å². The summed E-state index contributed by atoms with van der Waals surface area (Å²) in [7, 11) is 0. The second kappa shape index (κ2) is 9.14. The second-order valence-corrected chi connectivity index (χ2v) is 5.19. The summed E-state index contributed by atoms with van der Waals surface area (Å²) in [6, 6.07) is 4.73. The van der Waals surface area contributed by atoms with E-state index in [9.17, 15) is 20.0 Å². The van der Waals surface area contributed by atoms with Crippen LogP contribution in [0.1, 0.15) is 12.8 Å². The molecule has 1 aromatic carbocycles. The first-order chi connectivity index (χ1) is 10.9. The lowest BCUT2D eigenvalue weighted by molar-refractivity contribution is -0.384. The number of aromatic amines is 1. The number of hydrogen-bond donors (Lipinski definition) is 2. The summed E-state index contributed by atoms with van der Waals surface area (Å²) >= 11 is 11.7. The van der Waals surface area contributed by atoms with Crippen LogP contribution in [-0.4, -0.2) is 22.4 Å². The van der Waals surface area contributed by atoms with Crippen molar-refractivity contribution in [3.05, 3.63) is 50.8 Å². The lowest BCUT2D eigenvalue weighted by atomic mass is 10.1. The largest absolute Gasteiger partial charge is 0.550 e. The topological polar surface area (TPSA) is 125 Å². The number of carbonyl (C=O) groups is 1. The highest BCUT2D eigenvalue weighted by Crippen LogP contribution is 2.38. The number of nitro benzene ring substituents is 1. The number of nitrogens with zero attached hydrogens (tertiary/aromatic N) is 1. The molecule has 1 aromatic heterocycles. The first-order valence-electron chi connectivity index (χ1n) is 6.54. The summed E-state index contributed by atoms with van der Waals surface area (Å²) in [4.78, 5) is 22.8. The Bertz CT molecular complexity index is 688. The molecule has 124 valence electrons. The molecule has 0 unspecified atom stereocenters. The van der Waals surface area contributed by atoms with Crippen LogP contribution in [0.15, 0.2) is 30.6 Å². The summed E-state index contributed by atoms with van der Waals surface area (Å²) in [6.07, 6.45) is 3.75. The number of halogens is 2. The molecule has 0 aliphatic heterocycles. The van der Waals surface area contributed by atoms with E-state index in [1.807, 2.05) is 0 Å². The van der Waals surface area contributed by atoms with E-state index in [0.717, 1.165) is 0 Å². The number of aromatic nitrogens is 1. The van der Waals surface area contributed by atoms with Gasteiger partial charge in [-0.1, -0.05) is 29.3 Å². The minimum atomic E-state index is -1.02. The number of aliphatic carboxylic acids is 1. The van der Waals surface area contributed by atoms with Gasteiger partial charge in [0.15, 0.2) is 0 Å². The fourth-order valence-corrected chi connectivity index (χ4v) is 2.18. The Hall–Kier alpha value is -2.09. The molecule has 0 radical (unpaired) electrons. The van der Waals surface area contributed by atoms with Gasteiger partial charge >= 0.3 is 0 Å². The highest BCUT2D eigenvalue weighted by molar-refractivity contribution is 6.35. The summed E-state index contributed by atoms with van der Waals surface area (Å²) in [5.41, 5.74) is 5.82. The lowest BCUT2D eigenvalue weighted by Crippen LogP contribution is -2.22. The predicted molar refractivity (Wildman–Crippen MR) is 86.2 cm³/mol. The van der Waals surface area contributed by atoms with Crippen molar-refractivity contribution >= 4 is 34.9 Å². The number of benzene rings is 1. The Morgan fingerprint density at radius 2 is 1.91 bits per heavy atom. The van der Waals surface area contributed by atoms with E-state index in [2.05, 4.69) is 4.98 Å². The standard InChI is InChI=1S/C10H6Cl2N2O2.C4H9NO2/c11-8-3-1-2-6(10(8)14(15)16)7-4-13-5-9(7)12;5-3-1-2-4(6)7/h1-5,13H;1-3,5H2,(H,6,7)/p-1. The van der Waals surface area contributed by atoms with Crippen LogP contribution in [0.25, 0.3) is 11.1 Å². The highest BCUT2D eigenvalue weighted by Gasteiger charge is 2.21. The maximum absolute atomic E-state index is 10.9. The minimum Gasteiger partial charge on any atom is -0.550 e. The molecular formula is C14H14Cl2N3O4-. The number of H-pyrrole nitrogens is 1. The average Bonchev–Trinajstić information content (AvgIpc) is 2.91. The zero-order chi connectivity index (χ0) is 17.4. The van der Waals surface area contributed by atoms with E-state index < -0.39 is 10.9 Å². The molecule has 0 amide bonds. The molecule has 2 rings (SSSR count). The number of hydrogen-bond acceptors (Lipinski definition) is 5. The fraction of sp³-hybridized carbons (Fsp3) is 0.214. The molecule has 1 heterocycles. The van der Waals surface area contributed by atoms with Gasteiger partial charge in [-0.15, -0.1) is 0 Å². The van der Waals surface area contributed by atoms with Crippen molar-refractivity contribution in [3.63, 3.8) is 0 Å². The molecule has 23 heavy (non-hydrogen) atoms. The lowest BCUT2D eigenvalue weighted by Gasteiger charge is -2.02. The first-order valence-corrected chi connectivity index (χ1v) is 7.29. The monoisotopic (exact) mass is 358 g/mol. The van der Waals surface area contributed by atoms with Gasteiger partial charge in [0.1, 0.15) is 5.02 Å². The van der Waals surface area contributed by atoms with Crippen molar-refractivity contribution in [2.75, 3.05) is 6.54 Å². The Balaban J connectivity index is 0.000000322. The van der Waals surface area contributed by atoms with Gasteiger partial charge in [-0.05, 0) is 31.5 Å². The molecule has 9 heteroatoms. The van der Waals surface area contributed by atoms with Crippen LogP contribution in [0.3, 0.4) is 0 Å². The van der Waals surface area contributed by atoms with E-state index in [1.54, 1.807) is 24.5 Å². The van der Waals surface area contributed by atoms with Gasteiger partial charge in [-0.3, -0.25) is 10.1 Å². The third kappa shape index (κ3) is 5.55. The van der Waals surface area contributed by atoms with Crippen molar-refractivity contribution < 1.29 is 14.8 Å². The molecule has 7 nitrogen and oxygen atoms in total. The third-order valence-corrected chi connectivity index (χ3v) is 3.36. The van der Waals surface area contributed by atoms with Crippen LogP contribution in [0.2, 0.25) is 10.0 Å². The van der Waals surface area contributed by atoms with Gasteiger partial charge in [0.2, 0.25) is 0 Å². The minimum absolute atomic E-state index is 0.0799. The van der Waals surface area contributed by atoms with E-state index in [4.69, 9.17) is 28.9 Å². The molecule has 3 N–H and O–H groups in total. The first kappa shape index (κ1) is 19.0. The Labute approximate surface area is 142 Å². The van der Waals surface area contributed by atoms with Crippen molar-refractivity contribution in [1.82, 2.24) is 4.98 Å². The van der Waals surface area contributed by atoms with E-state index >= 15 is 0 Å². The molecule has 0 bridgehead atoms. The van der Waals surface area contributed by atoms with Gasteiger partial charge < -0.3 is 20.6 Å². The Kier molecular flexibility index (Phi) is 7.53. The molecule has 0 aliphatic rings. The molecule has 0 fully saturated rings. The molecule has 0 spiro atoms. The van der Waals surface area contributed by atoms with E-state index in [-0.39, 0.29) is 17.1 Å². The number of para-hydroxylation sites is 1. The Morgan fingerprint density at radius 3 is 2.35 bits per heavy atom. The molecular weight excluding hydrogens is 345 g/mol. The van der Waals surface area contributed by atoms with Crippen LogP contribution in [-0.2, 0) is 4.79 Å². The summed E-state index contributed by atoms with van der Waals surface area (Å²) < 4.78 is 0. The van der Waals surface area contributed by atoms with Gasteiger partial charge in [-0.25, -0.2) is 0 Å². The van der Waals surface area contributed by atoms with Gasteiger partial charge in [-0.2, -0.15) is 0 Å². The number of carbonyl (C=O) groups excluding carboxylic acids is 1. The van der Waals surface area contributed by atoms with Crippen LogP contribution in [0.5, 0.6) is 0 Å². The highest BCUT2D eigenvalue weighted by atomic mass is 35.5. The van der Waals surface area contributed by atoms with Gasteiger partial charge in [0, 0.05) is 23.9 Å². The number of carboxylic acid groups (broad SMARTS) is 1. The van der Waals surface area contributed by atoms with Crippen molar-refractivity contribution in [1.29, 1.82) is 0 Å². The zero-order valence-corrected chi connectivity index (χ0v) is 13.4. The fourth-order valence-electron chi connectivity index (χ4n) is 1.72. The Morgan fingerprint density at radius 1 is 1.22 bits per heavy atom. The average molecular weight is 359 g/mol. The summed E-state index contributed by atoms with van der Waals surface area (Å²) in [5, 5.41) is 21.0. The van der Waals surface area contributed by atoms with E-state index in [1.165, 1.54) is 6.07 Å². The SMILES string of the molecule is NCCCC(=O)[O-].O=[N+]([O-])c1c(Cl)cccc1-c1c[nH]cc1Cl. The van der Waals surface area contributed by atoms with Gasteiger partial charge in [0.25, 0.3) is 5.69 Å². The number of nitro groups is 1. The molecule has 0 saturated heterocycles. The summed E-state index contributed by atoms with van der Waals surface area (Å²) in [5.74, 6) is -1.02. The quantitative estimate of drug-likeness (QED) is 0.626.